The lowest BCUT2D eigenvalue weighted by molar-refractivity contribution is 0.828. The molecule has 6 heteroatoms. The Balaban J connectivity index is 2.09. The molecule has 0 spiro atoms. The van der Waals surface area contributed by atoms with E-state index in [2.05, 4.69) is 11.2 Å². The van der Waals surface area contributed by atoms with Crippen LogP contribution in [0.1, 0.15) is 12.8 Å². The molecule has 92 valence electrons. The molecule has 0 aliphatic heterocycles. The highest BCUT2D eigenvalue weighted by Gasteiger charge is 2.05. The maximum atomic E-state index is 8.47. The van der Waals surface area contributed by atoms with Gasteiger partial charge in [-0.25, -0.2) is 4.68 Å². The smallest absolute Gasteiger partial charge is 0.184 e. The predicted molar refractivity (Wildman–Crippen MR) is 77.8 cm³/mol. The summed E-state index contributed by atoms with van der Waals surface area (Å²) in [6, 6.07) is 12.0. The molecule has 0 aliphatic rings. The van der Waals surface area contributed by atoms with Gasteiger partial charge in [-0.1, -0.05) is 41.3 Å². The number of nitriles is 1. The molecule has 0 N–H and O–H groups in total. The average Bonchev–Trinajstić information content (AvgIpc) is 2.77. The van der Waals surface area contributed by atoms with Crippen LogP contribution in [0.4, 0.5) is 0 Å². The summed E-state index contributed by atoms with van der Waals surface area (Å²) in [5.74, 6) is 0.907. The van der Waals surface area contributed by atoms with Gasteiger partial charge in [-0.05, 0) is 30.8 Å². The second kappa shape index (κ2) is 6.69. The van der Waals surface area contributed by atoms with E-state index in [9.17, 15) is 0 Å². The molecule has 0 unspecified atom stereocenters. The van der Waals surface area contributed by atoms with Gasteiger partial charge in [0.15, 0.2) is 8.29 Å². The summed E-state index contributed by atoms with van der Waals surface area (Å²) in [5.41, 5.74) is 0.989. The number of benzene rings is 1. The van der Waals surface area contributed by atoms with Gasteiger partial charge in [-0.15, -0.1) is 5.10 Å². The minimum Gasteiger partial charge on any atom is -0.211 e. The fourth-order valence-corrected chi connectivity index (χ4v) is 3.73. The zero-order valence-electron chi connectivity index (χ0n) is 9.57. The van der Waals surface area contributed by atoms with E-state index in [1.807, 2.05) is 30.3 Å². The first-order chi connectivity index (χ1) is 8.81. The SMILES string of the molecule is N#CCCCSc1nn(-c2ccccc2)c(=S)s1. The van der Waals surface area contributed by atoms with E-state index in [1.165, 1.54) is 11.3 Å². The van der Waals surface area contributed by atoms with Crippen molar-refractivity contribution in [3.05, 3.63) is 34.3 Å². The van der Waals surface area contributed by atoms with Gasteiger partial charge in [0.2, 0.25) is 0 Å². The van der Waals surface area contributed by atoms with Crippen LogP contribution in [0, 0.1) is 15.3 Å². The van der Waals surface area contributed by atoms with Crippen LogP contribution in [-0.2, 0) is 0 Å². The van der Waals surface area contributed by atoms with E-state index >= 15 is 0 Å². The van der Waals surface area contributed by atoms with Crippen molar-refractivity contribution in [2.45, 2.75) is 17.2 Å². The highest BCUT2D eigenvalue weighted by molar-refractivity contribution is 8.01. The molecule has 0 amide bonds. The predicted octanol–water partition coefficient (Wildman–Crippen LogP) is 4.06. The molecule has 0 atom stereocenters. The van der Waals surface area contributed by atoms with Gasteiger partial charge < -0.3 is 0 Å². The summed E-state index contributed by atoms with van der Waals surface area (Å²) in [7, 11) is 0. The molecule has 0 bridgehead atoms. The lowest BCUT2D eigenvalue weighted by atomic mass is 10.3. The van der Waals surface area contributed by atoms with Crippen LogP contribution in [0.5, 0.6) is 0 Å². The Morgan fingerprint density at radius 3 is 2.89 bits per heavy atom. The second-order valence-corrected chi connectivity index (χ2v) is 6.46. The Bertz CT molecular complexity index is 595. The van der Waals surface area contributed by atoms with Crippen LogP contribution in [0.2, 0.25) is 0 Å². The van der Waals surface area contributed by atoms with E-state index < -0.39 is 0 Å². The molecule has 0 fully saturated rings. The van der Waals surface area contributed by atoms with Crippen molar-refractivity contribution in [2.75, 3.05) is 5.75 Å². The van der Waals surface area contributed by atoms with Gasteiger partial charge in [0.25, 0.3) is 0 Å². The molecule has 2 rings (SSSR count). The summed E-state index contributed by atoms with van der Waals surface area (Å²) in [6.07, 6.45) is 1.48. The van der Waals surface area contributed by atoms with E-state index in [1.54, 1.807) is 16.4 Å². The van der Waals surface area contributed by atoms with Crippen molar-refractivity contribution in [1.82, 2.24) is 9.78 Å². The summed E-state index contributed by atoms with van der Waals surface area (Å²) in [5, 5.41) is 13.0. The van der Waals surface area contributed by atoms with Crippen molar-refractivity contribution in [1.29, 1.82) is 5.26 Å². The number of nitrogens with zero attached hydrogens (tertiary/aromatic N) is 3. The molecule has 1 aromatic heterocycles. The number of hydrogen-bond acceptors (Lipinski definition) is 5. The number of thioether (sulfide) groups is 1. The van der Waals surface area contributed by atoms with Crippen molar-refractivity contribution in [3.63, 3.8) is 0 Å². The first kappa shape index (κ1) is 13.3. The molecule has 1 heterocycles. The van der Waals surface area contributed by atoms with Gasteiger partial charge in [0.05, 0.1) is 11.8 Å². The molecule has 18 heavy (non-hydrogen) atoms. The van der Waals surface area contributed by atoms with E-state index in [0.29, 0.717) is 6.42 Å². The molecule has 2 aromatic rings. The topological polar surface area (TPSA) is 41.6 Å². The summed E-state index contributed by atoms with van der Waals surface area (Å²) in [4.78, 5) is 0. The maximum Gasteiger partial charge on any atom is 0.184 e. The zero-order valence-corrected chi connectivity index (χ0v) is 12.0. The quantitative estimate of drug-likeness (QED) is 0.473. The Morgan fingerprint density at radius 2 is 2.17 bits per heavy atom. The summed E-state index contributed by atoms with van der Waals surface area (Å²) >= 11 is 8.48. The summed E-state index contributed by atoms with van der Waals surface area (Å²) in [6.45, 7) is 0. The number of rotatable bonds is 5. The normalized spacial score (nSPS) is 10.2. The lowest BCUT2D eigenvalue weighted by Crippen LogP contribution is -1.95. The monoisotopic (exact) mass is 293 g/mol. The Hall–Kier alpha value is -1.16. The van der Waals surface area contributed by atoms with Gasteiger partial charge >= 0.3 is 0 Å². The number of hydrogen-bond donors (Lipinski definition) is 0. The average molecular weight is 293 g/mol. The molecule has 0 radical (unpaired) electrons. The third kappa shape index (κ3) is 3.42. The van der Waals surface area contributed by atoms with Gasteiger partial charge in [-0.2, -0.15) is 5.26 Å². The minimum atomic E-state index is 0.595. The van der Waals surface area contributed by atoms with Crippen LogP contribution in [0.3, 0.4) is 0 Å². The molecule has 0 saturated heterocycles. The van der Waals surface area contributed by atoms with Crippen molar-refractivity contribution >= 4 is 35.3 Å². The van der Waals surface area contributed by atoms with E-state index in [0.717, 1.165) is 26.2 Å². The maximum absolute atomic E-state index is 8.47. The molecular formula is C12H11N3S3. The highest BCUT2D eigenvalue weighted by Crippen LogP contribution is 2.24. The van der Waals surface area contributed by atoms with E-state index in [4.69, 9.17) is 17.5 Å². The molecule has 0 saturated carbocycles. The van der Waals surface area contributed by atoms with Gasteiger partial charge in [-0.3, -0.25) is 0 Å². The number of unbranched alkanes of at least 4 members (excludes halogenated alkanes) is 1. The highest BCUT2D eigenvalue weighted by atomic mass is 32.2. The lowest BCUT2D eigenvalue weighted by Gasteiger charge is -1.98. The van der Waals surface area contributed by atoms with Gasteiger partial charge in [0, 0.05) is 12.2 Å². The Labute approximate surface area is 119 Å². The standard InChI is InChI=1S/C12H11N3S3/c13-8-4-5-9-17-11-14-15(12(16)18-11)10-6-2-1-3-7-10/h1-3,6-7H,4-5,9H2. The fraction of sp³-hybridized carbons (Fsp3) is 0.250. The largest absolute Gasteiger partial charge is 0.211 e. The third-order valence-corrected chi connectivity index (χ3v) is 4.64. The fourth-order valence-electron chi connectivity index (χ4n) is 1.36. The van der Waals surface area contributed by atoms with Crippen LogP contribution in [-0.4, -0.2) is 15.5 Å². The van der Waals surface area contributed by atoms with E-state index in [-0.39, 0.29) is 0 Å². The third-order valence-electron chi connectivity index (χ3n) is 2.19. The Morgan fingerprint density at radius 1 is 1.39 bits per heavy atom. The first-order valence-corrected chi connectivity index (χ1v) is 7.67. The van der Waals surface area contributed by atoms with Crippen LogP contribution in [0.25, 0.3) is 5.69 Å². The number of aromatic nitrogens is 2. The minimum absolute atomic E-state index is 0.595. The molecular weight excluding hydrogens is 282 g/mol. The molecule has 1 aromatic carbocycles. The van der Waals surface area contributed by atoms with Gasteiger partial charge in [0.1, 0.15) is 0 Å². The molecule has 3 nitrogen and oxygen atoms in total. The van der Waals surface area contributed by atoms with Crippen molar-refractivity contribution < 1.29 is 0 Å². The second-order valence-electron chi connectivity index (χ2n) is 3.49. The van der Waals surface area contributed by atoms with Crippen molar-refractivity contribution in [2.24, 2.45) is 0 Å². The first-order valence-electron chi connectivity index (χ1n) is 5.46. The molecule has 0 aliphatic carbocycles. The van der Waals surface area contributed by atoms with Crippen LogP contribution >= 0.6 is 35.3 Å². The zero-order chi connectivity index (χ0) is 12.8. The Kier molecular flexibility index (Phi) is 4.93. The van der Waals surface area contributed by atoms with Crippen LogP contribution in [0.15, 0.2) is 34.7 Å². The van der Waals surface area contributed by atoms with Crippen LogP contribution < -0.4 is 0 Å². The summed E-state index contributed by atoms with van der Waals surface area (Å²) < 4.78 is 3.50. The number of para-hydroxylation sites is 1. The van der Waals surface area contributed by atoms with Crippen molar-refractivity contribution in [3.8, 4) is 11.8 Å².